The topological polar surface area (TPSA) is 114 Å². The van der Waals surface area contributed by atoms with Gasteiger partial charge in [-0.2, -0.15) is 0 Å². The number of benzene rings is 2. The maximum Gasteiger partial charge on any atom is 0.407 e. The Hall–Kier alpha value is -3.28. The van der Waals surface area contributed by atoms with E-state index in [0.29, 0.717) is 49.9 Å². The van der Waals surface area contributed by atoms with Crippen LogP contribution in [0.1, 0.15) is 66.9 Å². The van der Waals surface area contributed by atoms with Crippen molar-refractivity contribution in [1.29, 1.82) is 0 Å². The molecule has 0 saturated heterocycles. The molecule has 5 atom stereocenters. The monoisotopic (exact) mass is 755 g/mol. The van der Waals surface area contributed by atoms with Crippen LogP contribution >= 0.6 is 11.6 Å². The van der Waals surface area contributed by atoms with Crippen molar-refractivity contribution in [2.24, 2.45) is 11.8 Å². The van der Waals surface area contributed by atoms with Crippen molar-refractivity contribution < 1.29 is 27.5 Å². The molecule has 12 heteroatoms. The molecule has 9 nitrogen and oxygen atoms in total. The summed E-state index contributed by atoms with van der Waals surface area (Å²) in [4.78, 5) is 28.6. The average Bonchev–Trinajstić information content (AvgIpc) is 3.21. The molecular weight excluding hydrogens is 702 g/mol. The number of rotatable bonds is 14. The Balaban J connectivity index is 1.42. The molecule has 2 aromatic rings. The first-order valence-electron chi connectivity index (χ1n) is 18.2. The van der Waals surface area contributed by atoms with E-state index >= 15 is 0 Å². The number of ether oxygens (including phenoxy) is 2. The lowest BCUT2D eigenvalue weighted by molar-refractivity contribution is 0.0980. The van der Waals surface area contributed by atoms with E-state index in [-0.39, 0.29) is 28.9 Å². The highest BCUT2D eigenvalue weighted by Gasteiger charge is 2.44. The fourth-order valence-electron chi connectivity index (χ4n) is 7.60. The number of halogens is 1. The second kappa shape index (κ2) is 16.2. The van der Waals surface area contributed by atoms with Crippen LogP contribution in [0.25, 0.3) is 0 Å². The summed E-state index contributed by atoms with van der Waals surface area (Å²) in [6.07, 6.45) is 8.71. The SMILES string of the molecule is C=CCC[C@@H](C)S(=O)(=O)NC(=O)c1ccc2c(c1)N(C[C@@H]1CC[C@H]1[C@H](C=C)NC(=O)OCC[Si](C)(C)C)C[C@@]1(CCCc3cc(Cl)ccc31)CO2. The van der Waals surface area contributed by atoms with Gasteiger partial charge in [0.15, 0.2) is 0 Å². The number of anilines is 1. The zero-order valence-electron chi connectivity index (χ0n) is 30.5. The second-order valence-electron chi connectivity index (χ2n) is 15.8. The van der Waals surface area contributed by atoms with Gasteiger partial charge in [0, 0.05) is 37.2 Å². The predicted molar refractivity (Wildman–Crippen MR) is 208 cm³/mol. The number of fused-ring (bicyclic) bond motifs is 3. The number of amides is 2. The van der Waals surface area contributed by atoms with Gasteiger partial charge in [-0.1, -0.05) is 49.5 Å². The van der Waals surface area contributed by atoms with Crippen LogP contribution in [0.4, 0.5) is 10.5 Å². The maximum atomic E-state index is 13.5. The molecule has 3 aliphatic rings. The molecule has 0 aromatic heterocycles. The quantitative estimate of drug-likeness (QED) is 0.149. The summed E-state index contributed by atoms with van der Waals surface area (Å²) >= 11 is 6.44. The van der Waals surface area contributed by atoms with Crippen molar-refractivity contribution >= 4 is 47.4 Å². The summed E-state index contributed by atoms with van der Waals surface area (Å²) < 4.78 is 40.5. The Morgan fingerprint density at radius 2 is 1.96 bits per heavy atom. The molecule has 51 heavy (non-hydrogen) atoms. The van der Waals surface area contributed by atoms with Crippen LogP contribution in [-0.2, 0) is 26.6 Å². The van der Waals surface area contributed by atoms with Gasteiger partial charge in [-0.15, -0.1) is 13.2 Å². The number of nitrogens with zero attached hydrogens (tertiary/aromatic N) is 1. The molecule has 2 aliphatic carbocycles. The number of sulfonamides is 1. The second-order valence-corrected chi connectivity index (χ2v) is 24.0. The molecule has 0 radical (unpaired) electrons. The smallest absolute Gasteiger partial charge is 0.407 e. The van der Waals surface area contributed by atoms with Gasteiger partial charge in [-0.3, -0.25) is 4.79 Å². The fourth-order valence-corrected chi connectivity index (χ4v) is 9.53. The van der Waals surface area contributed by atoms with Crippen LogP contribution in [0.2, 0.25) is 30.7 Å². The van der Waals surface area contributed by atoms with E-state index in [1.807, 2.05) is 6.07 Å². The van der Waals surface area contributed by atoms with Gasteiger partial charge in [-0.25, -0.2) is 17.9 Å². The summed E-state index contributed by atoms with van der Waals surface area (Å²) in [6.45, 7) is 18.2. The molecule has 0 unspecified atom stereocenters. The molecule has 2 N–H and O–H groups in total. The Bertz CT molecular complexity index is 1730. The molecule has 1 saturated carbocycles. The van der Waals surface area contributed by atoms with Gasteiger partial charge in [0.1, 0.15) is 5.75 Å². The van der Waals surface area contributed by atoms with Crippen LogP contribution in [0.3, 0.4) is 0 Å². The highest BCUT2D eigenvalue weighted by Crippen LogP contribution is 2.46. The van der Waals surface area contributed by atoms with Gasteiger partial charge in [0.05, 0.1) is 30.2 Å². The summed E-state index contributed by atoms with van der Waals surface area (Å²) in [5.41, 5.74) is 3.12. The standard InChI is InChI=1S/C39H54ClN3O6SSi/c1-7-9-11-27(3)50(46,47)42-37(44)29-14-18-36-35(23-29)43(25-39(26-49-36)19-10-12-28-22-31(40)15-17-33(28)39)24-30-13-16-32(30)34(8-2)41-38(45)48-20-21-51(4,5)6/h7-8,14-15,17-18,22-23,27,30,32,34H,1-2,9-13,16,19-21,24-26H2,3-6H3,(H,41,45)(H,42,44)/t27-,30+,32-,34+,39+/m1/s1. The highest BCUT2D eigenvalue weighted by molar-refractivity contribution is 7.90. The van der Waals surface area contributed by atoms with Gasteiger partial charge in [-0.05, 0) is 111 Å². The summed E-state index contributed by atoms with van der Waals surface area (Å²) in [7, 11) is -5.23. The van der Waals surface area contributed by atoms with E-state index in [0.717, 1.165) is 43.8 Å². The molecule has 5 rings (SSSR count). The van der Waals surface area contributed by atoms with Crippen molar-refractivity contribution in [2.75, 3.05) is 31.2 Å². The zero-order valence-corrected chi connectivity index (χ0v) is 33.1. The minimum Gasteiger partial charge on any atom is -0.490 e. The first-order valence-corrected chi connectivity index (χ1v) is 23.8. The number of aryl methyl sites for hydroxylation is 1. The van der Waals surface area contributed by atoms with Crippen molar-refractivity contribution in [1.82, 2.24) is 10.0 Å². The number of hydrogen-bond acceptors (Lipinski definition) is 7. The van der Waals surface area contributed by atoms with Crippen molar-refractivity contribution in [2.45, 2.75) is 94.3 Å². The lowest BCUT2D eigenvalue weighted by atomic mass is 9.68. The third-order valence-corrected chi connectivity index (χ3v) is 14.6. The van der Waals surface area contributed by atoms with Gasteiger partial charge >= 0.3 is 6.09 Å². The largest absolute Gasteiger partial charge is 0.490 e. The van der Waals surface area contributed by atoms with Gasteiger partial charge in [0.2, 0.25) is 10.0 Å². The molecule has 0 bridgehead atoms. The molecule has 2 aromatic carbocycles. The lowest BCUT2D eigenvalue weighted by Crippen LogP contribution is -2.52. The van der Waals surface area contributed by atoms with E-state index in [1.165, 1.54) is 11.1 Å². The average molecular weight is 756 g/mol. The molecule has 1 heterocycles. The van der Waals surface area contributed by atoms with E-state index < -0.39 is 35.3 Å². The summed E-state index contributed by atoms with van der Waals surface area (Å²) in [5, 5.41) is 3.02. The Kier molecular flexibility index (Phi) is 12.3. The van der Waals surface area contributed by atoms with Gasteiger partial charge < -0.3 is 19.7 Å². The third-order valence-electron chi connectivity index (χ3n) is 10.9. The minimum absolute atomic E-state index is 0.154. The van der Waals surface area contributed by atoms with Crippen LogP contribution in [0.5, 0.6) is 5.75 Å². The first kappa shape index (κ1) is 38.9. The van der Waals surface area contributed by atoms with Crippen LogP contribution in [-0.4, -0.2) is 66.1 Å². The maximum absolute atomic E-state index is 13.5. The van der Waals surface area contributed by atoms with Gasteiger partial charge in [0.25, 0.3) is 5.91 Å². The number of hydrogen-bond donors (Lipinski definition) is 2. The number of nitrogens with one attached hydrogen (secondary N) is 2. The third kappa shape index (κ3) is 9.39. The molecular formula is C39H54ClN3O6SSi. The van der Waals surface area contributed by atoms with Crippen molar-refractivity contribution in [3.63, 3.8) is 0 Å². The van der Waals surface area contributed by atoms with Crippen molar-refractivity contribution in [3.05, 3.63) is 83.4 Å². The number of allylic oxidation sites excluding steroid dienone is 1. The van der Waals surface area contributed by atoms with E-state index in [4.69, 9.17) is 21.1 Å². The van der Waals surface area contributed by atoms with Crippen molar-refractivity contribution in [3.8, 4) is 5.75 Å². The Morgan fingerprint density at radius 3 is 2.65 bits per heavy atom. The van der Waals surface area contributed by atoms with Crippen LogP contribution < -0.4 is 19.7 Å². The van der Waals surface area contributed by atoms with E-state index in [2.05, 4.69) is 59.9 Å². The van der Waals surface area contributed by atoms with E-state index in [9.17, 15) is 18.0 Å². The summed E-state index contributed by atoms with van der Waals surface area (Å²) in [6, 6.07) is 11.9. The lowest BCUT2D eigenvalue weighted by Gasteiger charge is -2.46. The number of alkyl carbamates (subject to hydrolysis) is 1. The molecule has 1 spiro atoms. The number of carbonyl (C=O) groups excluding carboxylic acids is 2. The summed E-state index contributed by atoms with van der Waals surface area (Å²) in [5.74, 6) is 0.341. The minimum atomic E-state index is -3.89. The Labute approximate surface area is 310 Å². The van der Waals surface area contributed by atoms with E-state index in [1.54, 1.807) is 37.3 Å². The van der Waals surface area contributed by atoms with Crippen LogP contribution in [0.15, 0.2) is 61.7 Å². The molecule has 278 valence electrons. The number of carbonyl (C=O) groups is 2. The normalized spacial score (nSPS) is 22.6. The molecule has 1 aliphatic heterocycles. The molecule has 1 fully saturated rings. The zero-order chi connectivity index (χ0) is 37.0. The molecule has 2 amide bonds. The highest BCUT2D eigenvalue weighted by atomic mass is 35.5. The fraction of sp³-hybridized carbons (Fsp3) is 0.538. The first-order chi connectivity index (χ1) is 24.1. The van der Waals surface area contributed by atoms with Crippen LogP contribution in [0, 0.1) is 11.8 Å². The predicted octanol–water partition coefficient (Wildman–Crippen LogP) is 7.87. The Morgan fingerprint density at radius 1 is 1.18 bits per heavy atom.